The minimum absolute atomic E-state index is 0.412. The van der Waals surface area contributed by atoms with Crippen molar-refractivity contribution in [2.24, 2.45) is 5.92 Å². The molecule has 3 heteroatoms. The minimum Gasteiger partial charge on any atom is -0.385 e. The molecule has 88 valence electrons. The molecule has 1 fully saturated rings. The maximum Gasteiger partial charge on any atom is 0.0930 e. The van der Waals surface area contributed by atoms with Crippen LogP contribution in [0.1, 0.15) is 25.3 Å². The second-order valence-electron chi connectivity index (χ2n) is 4.73. The number of hydrogen-bond acceptors (Lipinski definition) is 2. The summed E-state index contributed by atoms with van der Waals surface area (Å²) in [5.74, 6) is 0.412. The molecule has 3 nitrogen and oxygen atoms in total. The maximum atomic E-state index is 10.5. The lowest BCUT2D eigenvalue weighted by Crippen LogP contribution is -2.09. The van der Waals surface area contributed by atoms with Gasteiger partial charge >= 0.3 is 0 Å². The van der Waals surface area contributed by atoms with Crippen LogP contribution in [0.15, 0.2) is 42.7 Å². The van der Waals surface area contributed by atoms with E-state index in [-0.39, 0.29) is 0 Å². The van der Waals surface area contributed by atoms with Crippen LogP contribution >= 0.6 is 0 Å². The highest BCUT2D eigenvalue weighted by atomic mass is 16.3. The number of hydrogen-bond donors (Lipinski definition) is 1. The third-order valence-electron chi connectivity index (χ3n) is 3.68. The van der Waals surface area contributed by atoms with E-state index in [0.717, 1.165) is 24.1 Å². The molecule has 0 saturated heterocycles. The van der Waals surface area contributed by atoms with Gasteiger partial charge in [-0.05, 0) is 36.1 Å². The molecule has 1 saturated carbocycles. The van der Waals surface area contributed by atoms with E-state index in [0.29, 0.717) is 5.92 Å². The van der Waals surface area contributed by atoms with Gasteiger partial charge in [0, 0.05) is 12.4 Å². The summed E-state index contributed by atoms with van der Waals surface area (Å²) < 4.78 is 1.82. The van der Waals surface area contributed by atoms with E-state index >= 15 is 0 Å². The monoisotopic (exact) mass is 228 g/mol. The van der Waals surface area contributed by atoms with E-state index in [9.17, 15) is 5.11 Å². The Balaban J connectivity index is 1.96. The molecule has 1 N–H and O–H groups in total. The van der Waals surface area contributed by atoms with Crippen molar-refractivity contribution in [2.75, 3.05) is 0 Å². The second kappa shape index (κ2) is 3.70. The van der Waals surface area contributed by atoms with Crippen LogP contribution in [0.3, 0.4) is 0 Å². The molecule has 1 aliphatic rings. The van der Waals surface area contributed by atoms with Gasteiger partial charge in [0.15, 0.2) is 0 Å². The van der Waals surface area contributed by atoms with Gasteiger partial charge < -0.3 is 5.11 Å². The van der Waals surface area contributed by atoms with E-state index in [4.69, 9.17) is 0 Å². The minimum atomic E-state index is -0.599. The summed E-state index contributed by atoms with van der Waals surface area (Å²) in [6, 6.07) is 9.91. The van der Waals surface area contributed by atoms with Crippen LogP contribution in [0, 0.1) is 5.92 Å². The smallest absolute Gasteiger partial charge is 0.0930 e. The van der Waals surface area contributed by atoms with Crippen LogP contribution in [-0.4, -0.2) is 14.9 Å². The summed E-state index contributed by atoms with van der Waals surface area (Å²) in [5, 5.41) is 14.7. The van der Waals surface area contributed by atoms with Crippen molar-refractivity contribution in [3.05, 3.63) is 48.3 Å². The fourth-order valence-electron chi connectivity index (χ4n) is 2.49. The van der Waals surface area contributed by atoms with Crippen LogP contribution < -0.4 is 0 Å². The molecule has 0 bridgehead atoms. The normalized spacial score (nSPS) is 27.1. The van der Waals surface area contributed by atoms with E-state index in [1.807, 2.05) is 41.2 Å². The summed E-state index contributed by atoms with van der Waals surface area (Å²) in [6.45, 7) is 2.12. The first-order valence-electron chi connectivity index (χ1n) is 6.07. The first-order chi connectivity index (χ1) is 8.24. The number of benzene rings is 1. The Morgan fingerprint density at radius 3 is 3.00 bits per heavy atom. The van der Waals surface area contributed by atoms with Crippen molar-refractivity contribution in [2.45, 2.75) is 25.4 Å². The molecule has 1 aliphatic carbocycles. The van der Waals surface area contributed by atoms with Crippen molar-refractivity contribution in [1.29, 1.82) is 0 Å². The number of rotatable bonds is 3. The van der Waals surface area contributed by atoms with E-state index in [1.54, 1.807) is 6.20 Å². The van der Waals surface area contributed by atoms with Crippen molar-refractivity contribution >= 4 is 0 Å². The van der Waals surface area contributed by atoms with E-state index < -0.39 is 5.60 Å². The maximum absolute atomic E-state index is 10.5. The molecule has 3 rings (SSSR count). The number of aromatic nitrogens is 2. The molecule has 2 unspecified atom stereocenters. The fraction of sp³-hybridized carbons (Fsp3) is 0.357. The average Bonchev–Trinajstić information content (AvgIpc) is 2.81. The van der Waals surface area contributed by atoms with E-state index in [1.165, 1.54) is 0 Å². The molecular formula is C14H16N2O. The average molecular weight is 228 g/mol. The molecule has 0 aliphatic heterocycles. The lowest BCUT2D eigenvalue weighted by Gasteiger charge is -2.12. The molecule has 2 aromatic rings. The van der Waals surface area contributed by atoms with Gasteiger partial charge in [0.25, 0.3) is 0 Å². The third kappa shape index (κ3) is 1.67. The lowest BCUT2D eigenvalue weighted by molar-refractivity contribution is 0.130. The molecule has 1 aromatic heterocycles. The summed E-state index contributed by atoms with van der Waals surface area (Å²) >= 11 is 0. The zero-order valence-electron chi connectivity index (χ0n) is 9.87. The van der Waals surface area contributed by atoms with Gasteiger partial charge in [-0.2, -0.15) is 5.10 Å². The molecule has 0 spiro atoms. The molecule has 0 amide bonds. The Labute approximate surface area is 101 Å². The zero-order valence-corrected chi connectivity index (χ0v) is 9.87. The van der Waals surface area contributed by atoms with E-state index in [2.05, 4.69) is 12.0 Å². The number of nitrogens with zero attached hydrogens (tertiary/aromatic N) is 2. The predicted octanol–water partition coefficient (Wildman–Crippen LogP) is 2.49. The van der Waals surface area contributed by atoms with Crippen molar-refractivity contribution < 1.29 is 5.11 Å². The Kier molecular flexibility index (Phi) is 2.30. The molecule has 1 aromatic carbocycles. The van der Waals surface area contributed by atoms with Gasteiger partial charge in [0.2, 0.25) is 0 Å². The third-order valence-corrected chi connectivity index (χ3v) is 3.68. The topological polar surface area (TPSA) is 38.0 Å². The predicted molar refractivity (Wildman–Crippen MR) is 65.9 cm³/mol. The van der Waals surface area contributed by atoms with Gasteiger partial charge in [-0.1, -0.05) is 25.5 Å². The summed E-state index contributed by atoms with van der Waals surface area (Å²) in [7, 11) is 0. The lowest BCUT2D eigenvalue weighted by atomic mass is 10.0. The van der Waals surface area contributed by atoms with Crippen molar-refractivity contribution in [3.8, 4) is 5.69 Å². The number of aliphatic hydroxyl groups is 1. The van der Waals surface area contributed by atoms with Crippen LogP contribution in [0.5, 0.6) is 0 Å². The highest BCUT2D eigenvalue weighted by molar-refractivity contribution is 5.40. The largest absolute Gasteiger partial charge is 0.385 e. The summed E-state index contributed by atoms with van der Waals surface area (Å²) in [6.07, 6.45) is 5.58. The summed E-state index contributed by atoms with van der Waals surface area (Å²) in [4.78, 5) is 0. The molecule has 17 heavy (non-hydrogen) atoms. The SMILES string of the molecule is CCC1CC1(O)c1cccc(-n2cccn2)c1. The highest BCUT2D eigenvalue weighted by Crippen LogP contribution is 2.53. The van der Waals surface area contributed by atoms with Crippen LogP contribution in [0.4, 0.5) is 0 Å². The second-order valence-corrected chi connectivity index (χ2v) is 4.73. The Bertz CT molecular complexity index is 521. The van der Waals surface area contributed by atoms with Gasteiger partial charge in [-0.15, -0.1) is 0 Å². The first-order valence-corrected chi connectivity index (χ1v) is 6.07. The summed E-state index contributed by atoms with van der Waals surface area (Å²) in [5.41, 5.74) is 1.41. The first kappa shape index (κ1) is 10.5. The van der Waals surface area contributed by atoms with Gasteiger partial charge in [-0.3, -0.25) is 0 Å². The van der Waals surface area contributed by atoms with Gasteiger partial charge in [0.1, 0.15) is 0 Å². The van der Waals surface area contributed by atoms with Gasteiger partial charge in [-0.25, -0.2) is 4.68 Å². The quantitative estimate of drug-likeness (QED) is 0.876. The van der Waals surface area contributed by atoms with Crippen molar-refractivity contribution in [1.82, 2.24) is 9.78 Å². The Morgan fingerprint density at radius 1 is 1.47 bits per heavy atom. The fourth-order valence-corrected chi connectivity index (χ4v) is 2.49. The zero-order chi connectivity index (χ0) is 11.9. The standard InChI is InChI=1S/C14H16N2O/c1-2-11-10-14(11,17)12-5-3-6-13(9-12)16-8-4-7-15-16/h3-9,11,17H,2,10H2,1H3. The highest BCUT2D eigenvalue weighted by Gasteiger charge is 2.52. The molecule has 0 radical (unpaired) electrons. The molecular weight excluding hydrogens is 212 g/mol. The molecule has 2 atom stereocenters. The Morgan fingerprint density at radius 2 is 2.35 bits per heavy atom. The van der Waals surface area contributed by atoms with Crippen molar-refractivity contribution in [3.63, 3.8) is 0 Å². The van der Waals surface area contributed by atoms with Crippen LogP contribution in [-0.2, 0) is 5.60 Å². The van der Waals surface area contributed by atoms with Crippen LogP contribution in [0.2, 0.25) is 0 Å². The molecule has 1 heterocycles. The van der Waals surface area contributed by atoms with Gasteiger partial charge in [0.05, 0.1) is 11.3 Å². The Hall–Kier alpha value is -1.61. The van der Waals surface area contributed by atoms with Crippen LogP contribution in [0.25, 0.3) is 5.69 Å².